The van der Waals surface area contributed by atoms with E-state index in [1.54, 1.807) is 26.2 Å². The van der Waals surface area contributed by atoms with Crippen molar-refractivity contribution in [2.45, 2.75) is 44.9 Å². The Labute approximate surface area is 159 Å². The lowest BCUT2D eigenvalue weighted by Crippen LogP contribution is -2.39. The van der Waals surface area contributed by atoms with Crippen molar-refractivity contribution in [1.82, 2.24) is 5.32 Å². The maximum Gasteiger partial charge on any atom is 0.338 e. The van der Waals surface area contributed by atoms with Gasteiger partial charge in [0.25, 0.3) is 5.91 Å². The highest BCUT2D eigenvalue weighted by Gasteiger charge is 2.25. The van der Waals surface area contributed by atoms with Crippen molar-refractivity contribution in [3.8, 4) is 0 Å². The van der Waals surface area contributed by atoms with Crippen LogP contribution in [0.5, 0.6) is 0 Å². The number of methoxy groups -OCH3 is 1. The van der Waals surface area contributed by atoms with Crippen LogP contribution in [0.15, 0.2) is 48.5 Å². The molecule has 2 aromatic rings. The first-order valence-corrected chi connectivity index (χ1v) is 9.25. The first-order chi connectivity index (χ1) is 13.1. The number of hydrogen-bond donors (Lipinski definition) is 1. The van der Waals surface area contributed by atoms with E-state index in [0.717, 1.165) is 30.4 Å². The number of benzene rings is 2. The number of carbonyl (C=O) groups excluding carboxylic acids is 2. The van der Waals surface area contributed by atoms with Gasteiger partial charge < -0.3 is 14.8 Å². The molecule has 1 N–H and O–H groups in total. The van der Waals surface area contributed by atoms with E-state index in [-0.39, 0.29) is 11.9 Å². The van der Waals surface area contributed by atoms with Crippen LogP contribution in [0.1, 0.15) is 52.9 Å². The molecule has 2 atom stereocenters. The van der Waals surface area contributed by atoms with E-state index >= 15 is 0 Å². The molecule has 0 radical (unpaired) electrons. The van der Waals surface area contributed by atoms with Crippen LogP contribution in [0.3, 0.4) is 0 Å². The van der Waals surface area contributed by atoms with E-state index in [9.17, 15) is 9.59 Å². The maximum absolute atomic E-state index is 12.5. The Hall–Kier alpha value is -2.66. The normalized spacial score (nSPS) is 16.9. The van der Waals surface area contributed by atoms with Crippen molar-refractivity contribution in [2.24, 2.45) is 0 Å². The molecule has 1 aliphatic rings. The number of fused-ring (bicyclic) bond motifs is 1. The van der Waals surface area contributed by atoms with Crippen LogP contribution in [0, 0.1) is 0 Å². The van der Waals surface area contributed by atoms with Gasteiger partial charge in [0.15, 0.2) is 6.10 Å². The third kappa shape index (κ3) is 4.74. The van der Waals surface area contributed by atoms with Gasteiger partial charge in [-0.25, -0.2) is 4.79 Å². The first-order valence-electron chi connectivity index (χ1n) is 9.25. The smallest absolute Gasteiger partial charge is 0.338 e. The standard InChI is InChI=1S/C22H25NO4/c1-15(27-22(25)18-12-10-16(11-13-18)14-26-2)21(24)23-20-9-5-7-17-6-3-4-8-19(17)20/h3-4,6,8,10-13,15,20H,5,7,9,14H2,1-2H3,(H,23,24)/t15-,20-/m1/s1. The zero-order chi connectivity index (χ0) is 19.2. The lowest BCUT2D eigenvalue weighted by atomic mass is 9.87. The Morgan fingerprint density at radius 1 is 1.15 bits per heavy atom. The minimum absolute atomic E-state index is 0.0306. The van der Waals surface area contributed by atoms with Crippen LogP contribution >= 0.6 is 0 Å². The van der Waals surface area contributed by atoms with Gasteiger partial charge in [0.05, 0.1) is 18.2 Å². The summed E-state index contributed by atoms with van der Waals surface area (Å²) >= 11 is 0. The molecule has 0 bridgehead atoms. The SMILES string of the molecule is COCc1ccc(C(=O)O[C@H](C)C(=O)N[C@@H]2CCCc3ccccc32)cc1. The lowest BCUT2D eigenvalue weighted by molar-refractivity contribution is -0.130. The maximum atomic E-state index is 12.5. The second kappa shape index (κ2) is 8.82. The predicted octanol–water partition coefficient (Wildman–Crippen LogP) is 3.57. The third-order valence-electron chi connectivity index (χ3n) is 4.84. The summed E-state index contributed by atoms with van der Waals surface area (Å²) in [5.41, 5.74) is 3.81. The lowest BCUT2D eigenvalue weighted by Gasteiger charge is -2.27. The summed E-state index contributed by atoms with van der Waals surface area (Å²) in [6.45, 7) is 2.08. The Kier molecular flexibility index (Phi) is 6.24. The largest absolute Gasteiger partial charge is 0.449 e. The molecule has 0 fully saturated rings. The molecule has 0 saturated carbocycles. The zero-order valence-electron chi connectivity index (χ0n) is 15.7. The topological polar surface area (TPSA) is 64.6 Å². The average Bonchev–Trinajstić information content (AvgIpc) is 2.69. The molecular formula is C22H25NO4. The molecule has 0 heterocycles. The summed E-state index contributed by atoms with van der Waals surface area (Å²) in [5.74, 6) is -0.785. The van der Waals surface area contributed by atoms with Crippen LogP contribution < -0.4 is 5.32 Å². The summed E-state index contributed by atoms with van der Waals surface area (Å²) in [6, 6.07) is 15.1. The van der Waals surface area contributed by atoms with Gasteiger partial charge >= 0.3 is 5.97 Å². The van der Waals surface area contributed by atoms with Crippen molar-refractivity contribution in [3.05, 3.63) is 70.8 Å². The second-order valence-corrected chi connectivity index (χ2v) is 6.83. The molecular weight excluding hydrogens is 342 g/mol. The van der Waals surface area contributed by atoms with Gasteiger partial charge in [-0.15, -0.1) is 0 Å². The monoisotopic (exact) mass is 367 g/mol. The van der Waals surface area contributed by atoms with Gasteiger partial charge in [0, 0.05) is 7.11 Å². The van der Waals surface area contributed by atoms with Crippen LogP contribution in [0.2, 0.25) is 0 Å². The molecule has 1 aliphatic carbocycles. The predicted molar refractivity (Wildman–Crippen MR) is 102 cm³/mol. The quantitative estimate of drug-likeness (QED) is 0.793. The van der Waals surface area contributed by atoms with Crippen LogP contribution in [0.4, 0.5) is 0 Å². The first kappa shape index (κ1) is 19.1. The Morgan fingerprint density at radius 2 is 1.89 bits per heavy atom. The fourth-order valence-electron chi connectivity index (χ4n) is 3.38. The van der Waals surface area contributed by atoms with E-state index in [1.165, 1.54) is 5.56 Å². The fraction of sp³-hybridized carbons (Fsp3) is 0.364. The zero-order valence-corrected chi connectivity index (χ0v) is 15.7. The highest BCUT2D eigenvalue weighted by molar-refractivity contribution is 5.92. The summed E-state index contributed by atoms with van der Waals surface area (Å²) in [7, 11) is 1.62. The number of hydrogen-bond acceptors (Lipinski definition) is 4. The highest BCUT2D eigenvalue weighted by atomic mass is 16.5. The number of amides is 1. The molecule has 0 aromatic heterocycles. The summed E-state index contributed by atoms with van der Waals surface area (Å²) < 4.78 is 10.4. The summed E-state index contributed by atoms with van der Waals surface area (Å²) in [5, 5.41) is 3.02. The van der Waals surface area contributed by atoms with Crippen LogP contribution in [-0.2, 0) is 27.3 Å². The van der Waals surface area contributed by atoms with E-state index in [4.69, 9.17) is 9.47 Å². The number of esters is 1. The van der Waals surface area contributed by atoms with Gasteiger partial charge in [-0.2, -0.15) is 0 Å². The number of carbonyl (C=O) groups is 2. The molecule has 5 nitrogen and oxygen atoms in total. The summed E-state index contributed by atoms with van der Waals surface area (Å²) in [4.78, 5) is 24.8. The molecule has 27 heavy (non-hydrogen) atoms. The van der Waals surface area contributed by atoms with Gasteiger partial charge in [0.1, 0.15) is 0 Å². The molecule has 0 aliphatic heterocycles. The molecule has 142 valence electrons. The van der Waals surface area contributed by atoms with Crippen molar-refractivity contribution >= 4 is 11.9 Å². The van der Waals surface area contributed by atoms with Gasteiger partial charge in [-0.3, -0.25) is 4.79 Å². The second-order valence-electron chi connectivity index (χ2n) is 6.83. The fourth-order valence-corrected chi connectivity index (χ4v) is 3.38. The number of aryl methyl sites for hydroxylation is 1. The van der Waals surface area contributed by atoms with E-state index in [0.29, 0.717) is 12.2 Å². The molecule has 1 amide bonds. The van der Waals surface area contributed by atoms with Crippen LogP contribution in [-0.4, -0.2) is 25.1 Å². The molecule has 0 spiro atoms. The molecule has 0 unspecified atom stereocenters. The Balaban J connectivity index is 1.58. The number of rotatable bonds is 6. The third-order valence-corrected chi connectivity index (χ3v) is 4.84. The molecule has 0 saturated heterocycles. The van der Waals surface area contributed by atoms with E-state index < -0.39 is 12.1 Å². The molecule has 5 heteroatoms. The van der Waals surface area contributed by atoms with Gasteiger partial charge in [0.2, 0.25) is 0 Å². The summed E-state index contributed by atoms with van der Waals surface area (Å²) in [6.07, 6.45) is 2.10. The Bertz CT molecular complexity index is 800. The van der Waals surface area contributed by atoms with Crippen molar-refractivity contribution in [1.29, 1.82) is 0 Å². The molecule has 2 aromatic carbocycles. The van der Waals surface area contributed by atoms with Gasteiger partial charge in [-0.05, 0) is 55.0 Å². The van der Waals surface area contributed by atoms with Crippen LogP contribution in [0.25, 0.3) is 0 Å². The minimum atomic E-state index is -0.856. The van der Waals surface area contributed by atoms with Crippen molar-refractivity contribution in [2.75, 3.05) is 7.11 Å². The number of ether oxygens (including phenoxy) is 2. The highest BCUT2D eigenvalue weighted by Crippen LogP contribution is 2.29. The van der Waals surface area contributed by atoms with Crippen molar-refractivity contribution in [3.63, 3.8) is 0 Å². The number of nitrogens with one attached hydrogen (secondary N) is 1. The Morgan fingerprint density at radius 3 is 2.63 bits per heavy atom. The minimum Gasteiger partial charge on any atom is -0.449 e. The average molecular weight is 367 g/mol. The van der Waals surface area contributed by atoms with E-state index in [1.807, 2.05) is 24.3 Å². The van der Waals surface area contributed by atoms with Gasteiger partial charge in [-0.1, -0.05) is 36.4 Å². The molecule has 3 rings (SSSR count). The van der Waals surface area contributed by atoms with Crippen molar-refractivity contribution < 1.29 is 19.1 Å². The van der Waals surface area contributed by atoms with E-state index in [2.05, 4.69) is 17.4 Å².